The van der Waals surface area contributed by atoms with Crippen LogP contribution in [0.4, 0.5) is 0 Å². The van der Waals surface area contributed by atoms with Gasteiger partial charge in [0, 0.05) is 18.2 Å². The van der Waals surface area contributed by atoms with Crippen molar-refractivity contribution in [2.45, 2.75) is 58.0 Å². The first-order valence-corrected chi connectivity index (χ1v) is 8.08. The molecule has 1 aromatic rings. The fourth-order valence-electron chi connectivity index (χ4n) is 3.12. The van der Waals surface area contributed by atoms with Crippen LogP contribution in [0, 0.1) is 6.92 Å². The van der Waals surface area contributed by atoms with E-state index >= 15 is 0 Å². The topological polar surface area (TPSA) is 29.3 Å². The lowest BCUT2D eigenvalue weighted by Crippen LogP contribution is -2.31. The molecule has 110 valence electrons. The minimum Gasteiger partial charge on any atom is -0.389 e. The third kappa shape index (κ3) is 4.03. The minimum atomic E-state index is 0.483. The van der Waals surface area contributed by atoms with Crippen LogP contribution in [0.1, 0.15) is 55.2 Å². The molecule has 2 nitrogen and oxygen atoms in total. The van der Waals surface area contributed by atoms with Gasteiger partial charge < -0.3 is 5.73 Å². The molecule has 0 amide bonds. The van der Waals surface area contributed by atoms with Crippen molar-refractivity contribution >= 4 is 17.2 Å². The van der Waals surface area contributed by atoms with Gasteiger partial charge in [-0.05, 0) is 44.0 Å². The fourth-order valence-corrected chi connectivity index (χ4v) is 3.25. The number of rotatable bonds is 4. The van der Waals surface area contributed by atoms with E-state index in [1.165, 1.54) is 49.7 Å². The second-order valence-corrected chi connectivity index (χ2v) is 6.51. The third-order valence-electron chi connectivity index (χ3n) is 4.49. The van der Waals surface area contributed by atoms with E-state index in [2.05, 4.69) is 31.0 Å². The number of hydrogen-bond donors (Lipinski definition) is 1. The summed E-state index contributed by atoms with van der Waals surface area (Å²) in [6.07, 6.45) is 8.28. The average Bonchev–Trinajstić information content (AvgIpc) is 2.69. The first-order valence-electron chi connectivity index (χ1n) is 7.67. The van der Waals surface area contributed by atoms with E-state index < -0.39 is 0 Å². The van der Waals surface area contributed by atoms with Crippen molar-refractivity contribution in [2.24, 2.45) is 5.73 Å². The molecule has 0 saturated heterocycles. The third-order valence-corrected chi connectivity index (χ3v) is 4.73. The molecule has 1 fully saturated rings. The summed E-state index contributed by atoms with van der Waals surface area (Å²) in [6, 6.07) is 7.08. The van der Waals surface area contributed by atoms with Gasteiger partial charge in [-0.2, -0.15) is 0 Å². The molecule has 2 N–H and O–H groups in total. The van der Waals surface area contributed by atoms with Crippen LogP contribution in [-0.2, 0) is 6.54 Å². The molecule has 1 aromatic carbocycles. The Morgan fingerprint density at radius 2 is 1.90 bits per heavy atom. The summed E-state index contributed by atoms with van der Waals surface area (Å²) >= 11 is 5.04. The van der Waals surface area contributed by atoms with Crippen LogP contribution < -0.4 is 5.73 Å². The van der Waals surface area contributed by atoms with E-state index in [9.17, 15) is 0 Å². The Hall–Kier alpha value is -0.930. The molecule has 0 unspecified atom stereocenters. The summed E-state index contributed by atoms with van der Waals surface area (Å²) in [5, 5.41) is 0. The zero-order valence-corrected chi connectivity index (χ0v) is 13.5. The summed E-state index contributed by atoms with van der Waals surface area (Å²) in [7, 11) is 2.26. The largest absolute Gasteiger partial charge is 0.389 e. The summed E-state index contributed by atoms with van der Waals surface area (Å²) in [4.78, 5) is 3.01. The van der Waals surface area contributed by atoms with E-state index in [0.717, 1.165) is 18.2 Å². The Balaban J connectivity index is 2.03. The molecule has 1 aliphatic rings. The van der Waals surface area contributed by atoms with Gasteiger partial charge in [-0.15, -0.1) is 0 Å². The first-order chi connectivity index (χ1) is 9.58. The van der Waals surface area contributed by atoms with Crippen molar-refractivity contribution in [3.63, 3.8) is 0 Å². The maximum atomic E-state index is 5.69. The van der Waals surface area contributed by atoms with Gasteiger partial charge in [-0.25, -0.2) is 0 Å². The highest BCUT2D eigenvalue weighted by Gasteiger charge is 2.17. The Bertz CT molecular complexity index is 462. The van der Waals surface area contributed by atoms with Gasteiger partial charge in [-0.3, -0.25) is 4.90 Å². The van der Waals surface area contributed by atoms with Gasteiger partial charge in [0.2, 0.25) is 0 Å². The SMILES string of the molecule is Cc1cc(C(N)=S)ccc1CN(C)C1CCCCCC1. The molecular weight excluding hydrogens is 264 g/mol. The van der Waals surface area contributed by atoms with Crippen molar-refractivity contribution in [3.05, 3.63) is 34.9 Å². The number of aryl methyl sites for hydroxylation is 1. The van der Waals surface area contributed by atoms with Crippen LogP contribution in [-0.4, -0.2) is 23.0 Å². The lowest BCUT2D eigenvalue weighted by molar-refractivity contribution is 0.212. The molecule has 0 atom stereocenters. The Labute approximate surface area is 128 Å². The number of hydrogen-bond acceptors (Lipinski definition) is 2. The highest BCUT2D eigenvalue weighted by atomic mass is 32.1. The van der Waals surface area contributed by atoms with Crippen LogP contribution >= 0.6 is 12.2 Å². The van der Waals surface area contributed by atoms with Crippen LogP contribution in [0.3, 0.4) is 0 Å². The van der Waals surface area contributed by atoms with Gasteiger partial charge >= 0.3 is 0 Å². The van der Waals surface area contributed by atoms with Crippen LogP contribution in [0.25, 0.3) is 0 Å². The lowest BCUT2D eigenvalue weighted by atomic mass is 10.0. The monoisotopic (exact) mass is 290 g/mol. The van der Waals surface area contributed by atoms with Gasteiger partial charge in [0.25, 0.3) is 0 Å². The molecule has 0 aliphatic heterocycles. The quantitative estimate of drug-likeness (QED) is 0.676. The summed E-state index contributed by atoms with van der Waals surface area (Å²) in [6.45, 7) is 3.17. The zero-order chi connectivity index (χ0) is 14.5. The molecule has 3 heteroatoms. The highest BCUT2D eigenvalue weighted by molar-refractivity contribution is 7.80. The molecule has 1 aliphatic carbocycles. The second kappa shape index (κ2) is 7.19. The summed E-state index contributed by atoms with van der Waals surface area (Å²) in [5.74, 6) is 0. The number of thiocarbonyl (C=S) groups is 1. The highest BCUT2D eigenvalue weighted by Crippen LogP contribution is 2.23. The van der Waals surface area contributed by atoms with Crippen molar-refractivity contribution < 1.29 is 0 Å². The van der Waals surface area contributed by atoms with E-state index in [0.29, 0.717) is 4.99 Å². The molecule has 2 rings (SSSR count). The van der Waals surface area contributed by atoms with Gasteiger partial charge in [0.1, 0.15) is 4.99 Å². The fraction of sp³-hybridized carbons (Fsp3) is 0.588. The molecule has 0 heterocycles. The first kappa shape index (κ1) is 15.5. The van der Waals surface area contributed by atoms with Gasteiger partial charge in [-0.1, -0.05) is 50.0 Å². The molecular formula is C17H26N2S. The van der Waals surface area contributed by atoms with E-state index in [4.69, 9.17) is 18.0 Å². The molecule has 20 heavy (non-hydrogen) atoms. The maximum absolute atomic E-state index is 5.69. The second-order valence-electron chi connectivity index (χ2n) is 6.07. The number of nitrogens with two attached hydrogens (primary N) is 1. The summed E-state index contributed by atoms with van der Waals surface area (Å²) < 4.78 is 0. The van der Waals surface area contributed by atoms with Crippen molar-refractivity contribution in [2.75, 3.05) is 7.05 Å². The molecule has 0 bridgehead atoms. The van der Waals surface area contributed by atoms with Crippen molar-refractivity contribution in [1.82, 2.24) is 4.90 Å². The molecule has 0 aromatic heterocycles. The standard InChI is InChI=1S/C17H26N2S/c1-13-11-14(17(18)20)9-10-15(13)12-19(2)16-7-5-3-4-6-8-16/h9-11,16H,3-8,12H2,1-2H3,(H2,18,20). The Morgan fingerprint density at radius 1 is 1.25 bits per heavy atom. The van der Waals surface area contributed by atoms with Gasteiger partial charge in [0.05, 0.1) is 0 Å². The smallest absolute Gasteiger partial charge is 0.103 e. The number of benzene rings is 1. The van der Waals surface area contributed by atoms with E-state index in [1.807, 2.05) is 6.07 Å². The van der Waals surface area contributed by atoms with Gasteiger partial charge in [0.15, 0.2) is 0 Å². The van der Waals surface area contributed by atoms with E-state index in [-0.39, 0.29) is 0 Å². The minimum absolute atomic E-state index is 0.483. The molecule has 0 radical (unpaired) electrons. The maximum Gasteiger partial charge on any atom is 0.103 e. The zero-order valence-electron chi connectivity index (χ0n) is 12.7. The van der Waals surface area contributed by atoms with Crippen LogP contribution in [0.2, 0.25) is 0 Å². The normalized spacial score (nSPS) is 17.1. The lowest BCUT2D eigenvalue weighted by Gasteiger charge is -2.27. The van der Waals surface area contributed by atoms with Crippen LogP contribution in [0.15, 0.2) is 18.2 Å². The Kier molecular flexibility index (Phi) is 5.55. The van der Waals surface area contributed by atoms with E-state index in [1.54, 1.807) is 0 Å². The molecule has 0 spiro atoms. The van der Waals surface area contributed by atoms with Crippen molar-refractivity contribution in [1.29, 1.82) is 0 Å². The van der Waals surface area contributed by atoms with Crippen molar-refractivity contribution in [3.8, 4) is 0 Å². The van der Waals surface area contributed by atoms with Crippen LogP contribution in [0.5, 0.6) is 0 Å². The number of nitrogens with zero attached hydrogens (tertiary/aromatic N) is 1. The predicted octanol–water partition coefficient (Wildman–Crippen LogP) is 3.78. The predicted molar refractivity (Wildman–Crippen MR) is 90.0 cm³/mol. The summed E-state index contributed by atoms with van der Waals surface area (Å²) in [5.41, 5.74) is 9.33. The Morgan fingerprint density at radius 3 is 2.45 bits per heavy atom. The average molecular weight is 290 g/mol. The molecule has 1 saturated carbocycles.